The highest BCUT2D eigenvalue weighted by atomic mass is 19.4. The number of alkyl halides is 26. The van der Waals surface area contributed by atoms with Crippen molar-refractivity contribution in [3.8, 4) is 0 Å². The summed E-state index contributed by atoms with van der Waals surface area (Å²) in [4.78, 5) is 11.4. The van der Waals surface area contributed by atoms with Gasteiger partial charge in [0.05, 0.1) is 0 Å². The molecule has 1 aliphatic rings. The number of hydrogen-bond donors (Lipinski definition) is 0. The summed E-state index contributed by atoms with van der Waals surface area (Å²) in [6.07, 6.45) is -30.0. The summed E-state index contributed by atoms with van der Waals surface area (Å²) in [7, 11) is 0. The number of carbonyl (C=O) groups excluding carboxylic acids is 1. The molecule has 1 saturated heterocycles. The Morgan fingerprint density at radius 3 is 0.875 bits per heavy atom. The van der Waals surface area contributed by atoms with Gasteiger partial charge in [-0.3, -0.25) is 4.79 Å². The molecule has 0 spiro atoms. The van der Waals surface area contributed by atoms with E-state index in [1.54, 1.807) is 0 Å². The molecule has 0 N–H and O–H groups in total. The highest BCUT2D eigenvalue weighted by Crippen LogP contribution is 2.63. The fraction of sp³-hybridized carbons (Fsp3) is 0.950. The van der Waals surface area contributed by atoms with Crippen molar-refractivity contribution in [3.05, 3.63) is 0 Å². The van der Waals surface area contributed by atoms with Crippen molar-refractivity contribution in [3.63, 3.8) is 0 Å². The van der Waals surface area contributed by atoms with Gasteiger partial charge in [-0.1, -0.05) is 0 Å². The van der Waals surface area contributed by atoms with Crippen molar-refractivity contribution >= 4 is 5.97 Å². The van der Waals surface area contributed by atoms with Gasteiger partial charge >= 0.3 is 77.5 Å². The third kappa shape index (κ3) is 6.26. The zero-order valence-electron chi connectivity index (χ0n) is 21.9. The van der Waals surface area contributed by atoms with Crippen LogP contribution in [0.1, 0.15) is 38.5 Å². The molecular weight excluding hydrogens is 766 g/mol. The molecule has 0 aromatic rings. The van der Waals surface area contributed by atoms with Gasteiger partial charge < -0.3 is 4.74 Å². The Morgan fingerprint density at radius 2 is 0.667 bits per heavy atom. The van der Waals surface area contributed by atoms with E-state index in [0.29, 0.717) is 0 Å². The van der Waals surface area contributed by atoms with Crippen LogP contribution in [0.3, 0.4) is 0 Å². The molecule has 0 bridgehead atoms. The lowest BCUT2D eigenvalue weighted by atomic mass is 9.83. The van der Waals surface area contributed by atoms with Crippen LogP contribution in [0.15, 0.2) is 0 Å². The number of cyclic esters (lactones) is 1. The van der Waals surface area contributed by atoms with Gasteiger partial charge in [-0.2, -0.15) is 114 Å². The van der Waals surface area contributed by atoms with E-state index in [-0.39, 0.29) is 0 Å². The topological polar surface area (TPSA) is 26.3 Å². The number of rotatable bonds is 14. The monoisotopic (exact) mass is 778 g/mol. The van der Waals surface area contributed by atoms with Gasteiger partial charge in [0.1, 0.15) is 5.60 Å². The van der Waals surface area contributed by atoms with Crippen molar-refractivity contribution < 1.29 is 124 Å². The van der Waals surface area contributed by atoms with E-state index >= 15 is 0 Å². The normalized spacial score (nSPS) is 18.8. The summed E-state index contributed by atoms with van der Waals surface area (Å²) in [6.45, 7) is 0. The molecule has 48 heavy (non-hydrogen) atoms. The fourth-order valence-corrected chi connectivity index (χ4v) is 3.84. The van der Waals surface area contributed by atoms with Crippen molar-refractivity contribution in [2.75, 3.05) is 0 Å². The minimum Gasteiger partial charge on any atom is -0.459 e. The summed E-state index contributed by atoms with van der Waals surface area (Å²) in [6, 6.07) is 0. The van der Waals surface area contributed by atoms with Crippen LogP contribution in [-0.2, 0) is 9.53 Å². The van der Waals surface area contributed by atoms with Gasteiger partial charge in [0.15, 0.2) is 0 Å². The van der Waals surface area contributed by atoms with Crippen LogP contribution >= 0.6 is 0 Å². The lowest BCUT2D eigenvalue weighted by Crippen LogP contribution is -2.70. The summed E-state index contributed by atoms with van der Waals surface area (Å²) < 4.78 is 349. The molecular formula is C20H12F26O2. The molecule has 1 heterocycles. The number of carbonyl (C=O) groups is 1. The summed E-state index contributed by atoms with van der Waals surface area (Å²) in [5.74, 6) is -81.6. The molecule has 2 nitrogen and oxygen atoms in total. The Morgan fingerprint density at radius 1 is 0.417 bits per heavy atom. The van der Waals surface area contributed by atoms with E-state index in [4.69, 9.17) is 0 Å². The highest BCUT2D eigenvalue weighted by Gasteiger charge is 2.92. The molecule has 0 aliphatic carbocycles. The molecule has 28 heteroatoms. The van der Waals surface area contributed by atoms with Gasteiger partial charge in [0, 0.05) is 19.3 Å². The molecule has 1 fully saturated rings. The smallest absolute Gasteiger partial charge is 0.459 e. The van der Waals surface area contributed by atoms with Gasteiger partial charge in [0.25, 0.3) is 0 Å². The zero-order chi connectivity index (χ0) is 39.0. The Labute approximate surface area is 246 Å². The largest absolute Gasteiger partial charge is 0.460 e. The zero-order valence-corrected chi connectivity index (χ0v) is 21.9. The van der Waals surface area contributed by atoms with Crippen LogP contribution in [0.5, 0.6) is 0 Å². The minimum absolute atomic E-state index is 1.30. The third-order valence-corrected chi connectivity index (χ3v) is 6.90. The lowest BCUT2D eigenvalue weighted by Gasteiger charge is -2.41. The average Bonchev–Trinajstić information content (AvgIpc) is 3.25. The second kappa shape index (κ2) is 11.6. The van der Waals surface area contributed by atoms with Gasteiger partial charge in [-0.25, -0.2) is 0 Å². The van der Waals surface area contributed by atoms with Gasteiger partial charge in [-0.05, 0) is 19.3 Å². The molecule has 0 aromatic carbocycles. The van der Waals surface area contributed by atoms with Crippen LogP contribution < -0.4 is 0 Å². The van der Waals surface area contributed by atoms with E-state index in [2.05, 4.69) is 4.74 Å². The first-order chi connectivity index (χ1) is 20.5. The first-order valence-corrected chi connectivity index (χ1v) is 11.6. The molecule has 286 valence electrons. The Balaban J connectivity index is 3.47. The number of ether oxygens (including phenoxy) is 1. The Kier molecular flexibility index (Phi) is 10.6. The highest BCUT2D eigenvalue weighted by molar-refractivity contribution is 5.72. The molecule has 0 radical (unpaired) electrons. The molecule has 0 atom stereocenters. The van der Waals surface area contributed by atoms with Gasteiger partial charge in [0.2, 0.25) is 0 Å². The SMILES string of the molecule is O=C1CCC(CCC(F)(F)C(F)(F)C(F)(F)C(F)(F)C(F)(F)C(F)(F)F)(CCC(F)(F)C(F)(F)C(F)(F)C(F)(F)C(F)(F)C(F)(F)F)O1. The third-order valence-electron chi connectivity index (χ3n) is 6.90. The minimum atomic E-state index is -8.40. The first-order valence-electron chi connectivity index (χ1n) is 11.6. The Hall–Kier alpha value is -2.35. The van der Waals surface area contributed by atoms with Crippen LogP contribution in [0, 0.1) is 0 Å². The lowest BCUT2D eigenvalue weighted by molar-refractivity contribution is -0.440. The maximum Gasteiger partial charge on any atom is 0.460 e. The van der Waals surface area contributed by atoms with Gasteiger partial charge in [-0.15, -0.1) is 0 Å². The Bertz CT molecular complexity index is 1100. The van der Waals surface area contributed by atoms with E-state index in [1.165, 1.54) is 0 Å². The molecule has 1 aliphatic heterocycles. The number of halogens is 26. The predicted octanol–water partition coefficient (Wildman–Crippen LogP) is 10.1. The van der Waals surface area contributed by atoms with E-state index in [0.717, 1.165) is 0 Å². The average molecular weight is 778 g/mol. The van der Waals surface area contributed by atoms with E-state index < -0.39 is 122 Å². The van der Waals surface area contributed by atoms with E-state index in [9.17, 15) is 119 Å². The number of esters is 1. The van der Waals surface area contributed by atoms with Crippen molar-refractivity contribution in [1.82, 2.24) is 0 Å². The summed E-state index contributed by atoms with van der Waals surface area (Å²) in [5.41, 5.74) is -3.53. The molecule has 1 rings (SSSR count). The molecule has 0 saturated carbocycles. The molecule has 0 unspecified atom stereocenters. The van der Waals surface area contributed by atoms with Crippen molar-refractivity contribution in [2.45, 2.75) is 116 Å². The van der Waals surface area contributed by atoms with Crippen molar-refractivity contribution in [1.29, 1.82) is 0 Å². The van der Waals surface area contributed by atoms with E-state index in [1.807, 2.05) is 0 Å². The molecule has 0 amide bonds. The summed E-state index contributed by atoms with van der Waals surface area (Å²) >= 11 is 0. The predicted molar refractivity (Wildman–Crippen MR) is 98.1 cm³/mol. The maximum absolute atomic E-state index is 14.1. The van der Waals surface area contributed by atoms with Crippen LogP contribution in [-0.4, -0.2) is 83.1 Å². The standard InChI is InChI=1S/C20H12F26O2/c21-9(22,11(25,26)13(29,30)15(33,34)17(37,38)19(41,42)43)5-3-8(2-1-7(47)48-8)4-6-10(23,24)12(27,28)14(31,32)16(35,36)18(39,40)20(44,45)46/h1-6H2. The fourth-order valence-electron chi connectivity index (χ4n) is 3.84. The van der Waals surface area contributed by atoms with Crippen LogP contribution in [0.25, 0.3) is 0 Å². The number of hydrogen-bond acceptors (Lipinski definition) is 2. The maximum atomic E-state index is 14.1. The first kappa shape index (κ1) is 43.7. The van der Waals surface area contributed by atoms with Crippen LogP contribution in [0.2, 0.25) is 0 Å². The second-order valence-electron chi connectivity index (χ2n) is 10.2. The second-order valence-corrected chi connectivity index (χ2v) is 10.2. The van der Waals surface area contributed by atoms with Crippen molar-refractivity contribution in [2.24, 2.45) is 0 Å². The van der Waals surface area contributed by atoms with Crippen LogP contribution in [0.4, 0.5) is 114 Å². The molecule has 0 aromatic heterocycles. The summed E-state index contributed by atoms with van der Waals surface area (Å²) in [5, 5.41) is 0. The quantitative estimate of drug-likeness (QED) is 0.130.